The van der Waals surface area contributed by atoms with Crippen LogP contribution in [0.3, 0.4) is 0 Å². The molecule has 114 valence electrons. The van der Waals surface area contributed by atoms with E-state index in [4.69, 9.17) is 4.74 Å². The first-order valence-corrected chi connectivity index (χ1v) is 7.59. The molecule has 0 saturated heterocycles. The molecule has 1 unspecified atom stereocenters. The van der Waals surface area contributed by atoms with Gasteiger partial charge in [-0.1, -0.05) is 13.8 Å². The zero-order chi connectivity index (χ0) is 15.6. The fourth-order valence-electron chi connectivity index (χ4n) is 3.23. The number of hydrogen-bond acceptors (Lipinski definition) is 3. The van der Waals surface area contributed by atoms with Gasteiger partial charge in [0.2, 0.25) is 5.91 Å². The molecule has 4 nitrogen and oxygen atoms in total. The Bertz CT molecular complexity index is 553. The highest BCUT2D eigenvalue weighted by Crippen LogP contribution is 2.35. The van der Waals surface area contributed by atoms with E-state index >= 15 is 0 Å². The van der Waals surface area contributed by atoms with E-state index in [0.717, 1.165) is 24.1 Å². The van der Waals surface area contributed by atoms with Crippen molar-refractivity contribution >= 4 is 17.6 Å². The molecule has 0 fully saturated rings. The molecular weight excluding hydrogens is 266 g/mol. The molecular formula is C17H23NO3. The molecule has 0 aromatic heterocycles. The van der Waals surface area contributed by atoms with Crippen molar-refractivity contribution in [2.45, 2.75) is 46.6 Å². The molecule has 0 bridgehead atoms. The molecule has 0 N–H and O–H groups in total. The number of fused-ring (bicyclic) bond motifs is 1. The predicted octanol–water partition coefficient (Wildman–Crippen LogP) is 3.19. The molecule has 4 heteroatoms. The second-order valence-electron chi connectivity index (χ2n) is 5.61. The van der Waals surface area contributed by atoms with Gasteiger partial charge in [0.05, 0.1) is 12.2 Å². The summed E-state index contributed by atoms with van der Waals surface area (Å²) in [7, 11) is 0. The Hall–Kier alpha value is -1.84. The SMILES string of the molecule is CCOC(=O)c1ccc2c(c1)CC(C)[C@H](CC)N2C(C)=O. The first-order valence-electron chi connectivity index (χ1n) is 7.59. The van der Waals surface area contributed by atoms with E-state index in [1.54, 1.807) is 19.9 Å². The van der Waals surface area contributed by atoms with Crippen LogP contribution in [0.2, 0.25) is 0 Å². The third-order valence-electron chi connectivity index (χ3n) is 4.14. The maximum Gasteiger partial charge on any atom is 0.338 e. The lowest BCUT2D eigenvalue weighted by Crippen LogP contribution is -2.46. The minimum atomic E-state index is -0.306. The minimum absolute atomic E-state index is 0.0542. The van der Waals surface area contributed by atoms with Gasteiger partial charge in [0.25, 0.3) is 0 Å². The number of nitrogens with zero attached hydrogens (tertiary/aromatic N) is 1. The van der Waals surface area contributed by atoms with Gasteiger partial charge in [-0.3, -0.25) is 4.79 Å². The number of benzene rings is 1. The van der Waals surface area contributed by atoms with Crippen LogP contribution in [0.4, 0.5) is 5.69 Å². The Balaban J connectivity index is 2.42. The lowest BCUT2D eigenvalue weighted by atomic mass is 9.85. The van der Waals surface area contributed by atoms with Crippen molar-refractivity contribution in [3.05, 3.63) is 29.3 Å². The van der Waals surface area contributed by atoms with E-state index in [0.29, 0.717) is 18.1 Å². The molecule has 1 aliphatic heterocycles. The van der Waals surface area contributed by atoms with Gasteiger partial charge in [-0.05, 0) is 49.4 Å². The maximum atomic E-state index is 12.0. The summed E-state index contributed by atoms with van der Waals surface area (Å²) < 4.78 is 5.04. The zero-order valence-electron chi connectivity index (χ0n) is 13.2. The number of esters is 1. The van der Waals surface area contributed by atoms with Crippen molar-refractivity contribution in [2.75, 3.05) is 11.5 Å². The predicted molar refractivity (Wildman–Crippen MR) is 82.5 cm³/mol. The van der Waals surface area contributed by atoms with E-state index < -0.39 is 0 Å². The highest BCUT2D eigenvalue weighted by molar-refractivity contribution is 5.95. The second-order valence-corrected chi connectivity index (χ2v) is 5.61. The van der Waals surface area contributed by atoms with Crippen LogP contribution in [0.5, 0.6) is 0 Å². The summed E-state index contributed by atoms with van der Waals surface area (Å²) in [6.07, 6.45) is 1.81. The van der Waals surface area contributed by atoms with Gasteiger partial charge in [-0.25, -0.2) is 4.79 Å². The summed E-state index contributed by atoms with van der Waals surface area (Å²) in [6.45, 7) is 8.02. The van der Waals surface area contributed by atoms with Gasteiger partial charge in [0.15, 0.2) is 0 Å². The quantitative estimate of drug-likeness (QED) is 0.803. The highest BCUT2D eigenvalue weighted by Gasteiger charge is 2.33. The molecule has 0 saturated carbocycles. The largest absolute Gasteiger partial charge is 0.462 e. The van der Waals surface area contributed by atoms with Crippen molar-refractivity contribution in [3.8, 4) is 0 Å². The van der Waals surface area contributed by atoms with Crippen LogP contribution in [0.15, 0.2) is 18.2 Å². The van der Waals surface area contributed by atoms with Crippen LogP contribution < -0.4 is 4.90 Å². The normalized spacial score (nSPS) is 20.9. The van der Waals surface area contributed by atoms with Crippen molar-refractivity contribution in [2.24, 2.45) is 5.92 Å². The summed E-state index contributed by atoms with van der Waals surface area (Å²) >= 11 is 0. The van der Waals surface area contributed by atoms with Crippen molar-refractivity contribution in [3.63, 3.8) is 0 Å². The Morgan fingerprint density at radius 2 is 2.05 bits per heavy atom. The van der Waals surface area contributed by atoms with Gasteiger partial charge in [-0.15, -0.1) is 0 Å². The van der Waals surface area contributed by atoms with Crippen molar-refractivity contribution in [1.29, 1.82) is 0 Å². The molecule has 2 rings (SSSR count). The molecule has 1 heterocycles. The van der Waals surface area contributed by atoms with Crippen LogP contribution in [0.1, 0.15) is 50.0 Å². The van der Waals surface area contributed by atoms with E-state index in [2.05, 4.69) is 13.8 Å². The van der Waals surface area contributed by atoms with Gasteiger partial charge >= 0.3 is 5.97 Å². The third kappa shape index (κ3) is 2.94. The number of rotatable bonds is 3. The smallest absolute Gasteiger partial charge is 0.338 e. The number of amides is 1. The van der Waals surface area contributed by atoms with Gasteiger partial charge < -0.3 is 9.64 Å². The number of anilines is 1. The van der Waals surface area contributed by atoms with E-state index in [-0.39, 0.29) is 17.9 Å². The van der Waals surface area contributed by atoms with E-state index in [1.807, 2.05) is 17.0 Å². The standard InChI is InChI=1S/C17H23NO3/c1-5-15-11(3)9-14-10-13(17(20)21-6-2)7-8-16(14)18(15)12(4)19/h7-8,10-11,15H,5-6,9H2,1-4H3/t11?,15-/m0/s1. The Kier molecular flexibility index (Phi) is 4.66. The number of carbonyl (C=O) groups excluding carboxylic acids is 2. The number of hydrogen-bond donors (Lipinski definition) is 0. The molecule has 1 amide bonds. The van der Waals surface area contributed by atoms with E-state index in [1.165, 1.54) is 0 Å². The summed E-state index contributed by atoms with van der Waals surface area (Å²) in [5.41, 5.74) is 2.54. The third-order valence-corrected chi connectivity index (χ3v) is 4.14. The van der Waals surface area contributed by atoms with Gasteiger partial charge in [0.1, 0.15) is 0 Å². The minimum Gasteiger partial charge on any atom is -0.462 e. The topological polar surface area (TPSA) is 46.6 Å². The summed E-state index contributed by atoms with van der Waals surface area (Å²) in [4.78, 5) is 25.8. The molecule has 0 spiro atoms. The Morgan fingerprint density at radius 3 is 2.62 bits per heavy atom. The molecule has 2 atom stereocenters. The molecule has 0 aliphatic carbocycles. The lowest BCUT2D eigenvalue weighted by Gasteiger charge is -2.40. The van der Waals surface area contributed by atoms with Crippen LogP contribution in [0, 0.1) is 5.92 Å². The Labute approximate surface area is 126 Å². The molecule has 1 aliphatic rings. The maximum absolute atomic E-state index is 12.0. The van der Waals surface area contributed by atoms with Crippen molar-refractivity contribution in [1.82, 2.24) is 0 Å². The summed E-state index contributed by atoms with van der Waals surface area (Å²) in [6, 6.07) is 5.71. The van der Waals surface area contributed by atoms with Crippen LogP contribution in [0.25, 0.3) is 0 Å². The second kappa shape index (κ2) is 6.29. The zero-order valence-corrected chi connectivity index (χ0v) is 13.2. The number of carbonyl (C=O) groups is 2. The monoisotopic (exact) mass is 289 g/mol. The van der Waals surface area contributed by atoms with Gasteiger partial charge in [-0.2, -0.15) is 0 Å². The molecule has 21 heavy (non-hydrogen) atoms. The molecule has 1 aromatic carbocycles. The summed E-state index contributed by atoms with van der Waals surface area (Å²) in [5, 5.41) is 0. The molecule has 0 radical (unpaired) electrons. The molecule has 1 aromatic rings. The van der Waals surface area contributed by atoms with Crippen LogP contribution in [-0.2, 0) is 16.0 Å². The first-order chi connectivity index (χ1) is 9.99. The van der Waals surface area contributed by atoms with Crippen LogP contribution >= 0.6 is 0 Å². The van der Waals surface area contributed by atoms with Gasteiger partial charge in [0, 0.05) is 18.7 Å². The fourth-order valence-corrected chi connectivity index (χ4v) is 3.23. The first kappa shape index (κ1) is 15.5. The average molecular weight is 289 g/mol. The Morgan fingerprint density at radius 1 is 1.33 bits per heavy atom. The average Bonchev–Trinajstić information content (AvgIpc) is 2.45. The highest BCUT2D eigenvalue weighted by atomic mass is 16.5. The van der Waals surface area contributed by atoms with Crippen LogP contribution in [-0.4, -0.2) is 24.5 Å². The summed E-state index contributed by atoms with van der Waals surface area (Å²) in [5.74, 6) is 0.127. The fraction of sp³-hybridized carbons (Fsp3) is 0.529. The number of ether oxygens (including phenoxy) is 1. The lowest BCUT2D eigenvalue weighted by molar-refractivity contribution is -0.117. The van der Waals surface area contributed by atoms with E-state index in [9.17, 15) is 9.59 Å². The van der Waals surface area contributed by atoms with Crippen molar-refractivity contribution < 1.29 is 14.3 Å².